The summed E-state index contributed by atoms with van der Waals surface area (Å²) in [6.07, 6.45) is 22.7. The Hall–Kier alpha value is 0.347. The van der Waals surface area contributed by atoms with E-state index in [1.807, 2.05) is 0 Å². The van der Waals surface area contributed by atoms with Crippen molar-refractivity contribution in [1.82, 2.24) is 0 Å². The minimum absolute atomic E-state index is 0. The van der Waals surface area contributed by atoms with Crippen molar-refractivity contribution < 1.29 is 33.0 Å². The summed E-state index contributed by atoms with van der Waals surface area (Å²) < 4.78 is 0. The second-order valence-electron chi connectivity index (χ2n) is 10.1. The first-order valence-corrected chi connectivity index (χ1v) is 13.2. The fourth-order valence-electron chi connectivity index (χ4n) is 4.03. The van der Waals surface area contributed by atoms with Gasteiger partial charge in [0.25, 0.3) is 0 Å². The smallest absolute Gasteiger partial charge is 0.187 e. The van der Waals surface area contributed by atoms with Gasteiger partial charge in [0.15, 0.2) is 6.04 Å². The number of hydrogen-bond acceptors (Lipinski definition) is 3. The average Bonchev–Trinajstić information content (AvgIpc) is 2.58. The van der Waals surface area contributed by atoms with Gasteiger partial charge in [-0.05, 0) is 11.5 Å². The zero-order chi connectivity index (χ0) is 21.3. The van der Waals surface area contributed by atoms with E-state index >= 15 is 0 Å². The Morgan fingerprint density at radius 1 is 0.655 bits per heavy atom. The van der Waals surface area contributed by atoms with Crippen LogP contribution < -0.4 is 12.4 Å². The standard InChI is InChI=1S/C23H52NO3Si.ClH/c1-4-5-6-7-8-9-10-11-12-13-14-15-16-17-18-19-20-22(24(25,26)27)21-23(2,3)28;/h22,25-27H,4-21H2,1-3,28H3;1H/q+1;/p-1. The molecule has 0 heterocycles. The molecule has 0 saturated heterocycles. The minimum Gasteiger partial charge on any atom is -1.00 e. The molecule has 0 aromatic carbocycles. The van der Waals surface area contributed by atoms with Gasteiger partial charge in [-0.1, -0.05) is 117 Å². The van der Waals surface area contributed by atoms with E-state index in [4.69, 9.17) is 0 Å². The number of halogens is 1. The molecule has 0 fully saturated rings. The van der Waals surface area contributed by atoms with Gasteiger partial charge in [0.05, 0.1) is 4.97 Å². The Morgan fingerprint density at radius 3 is 1.24 bits per heavy atom. The van der Waals surface area contributed by atoms with Gasteiger partial charge in [0.1, 0.15) is 0 Å². The maximum Gasteiger partial charge on any atom is 0.187 e. The fourth-order valence-corrected chi connectivity index (χ4v) is 4.50. The van der Waals surface area contributed by atoms with Gasteiger partial charge in [0, 0.05) is 23.1 Å². The SMILES string of the molecule is CCCCCCCCCCCCCCCCCCC(CC(C)(C)[SiH3])[N+](O)(O)O.[Cl-]. The molecule has 29 heavy (non-hydrogen) atoms. The topological polar surface area (TPSA) is 60.7 Å². The molecule has 0 amide bonds. The molecule has 0 radical (unpaired) electrons. The maximum absolute atomic E-state index is 9.53. The van der Waals surface area contributed by atoms with Gasteiger partial charge in [0.2, 0.25) is 0 Å². The quantitative estimate of drug-likeness (QED) is 0.113. The molecule has 178 valence electrons. The Morgan fingerprint density at radius 2 is 0.966 bits per heavy atom. The summed E-state index contributed by atoms with van der Waals surface area (Å²) in [6, 6.07) is -0.487. The monoisotopic (exact) mass is 453 g/mol. The zero-order valence-electron chi connectivity index (χ0n) is 20.0. The lowest BCUT2D eigenvalue weighted by Crippen LogP contribution is -3.00. The molecule has 0 aliphatic rings. The van der Waals surface area contributed by atoms with Crippen LogP contribution in [0.1, 0.15) is 136 Å². The number of hydroxylamine groups is 3. The van der Waals surface area contributed by atoms with E-state index in [1.165, 1.54) is 89.9 Å². The lowest BCUT2D eigenvalue weighted by atomic mass is 9.97. The highest BCUT2D eigenvalue weighted by Gasteiger charge is 2.36. The van der Waals surface area contributed by atoms with E-state index in [9.17, 15) is 15.6 Å². The number of rotatable bonds is 20. The molecule has 6 heteroatoms. The van der Waals surface area contributed by atoms with Crippen LogP contribution in [0.15, 0.2) is 0 Å². The van der Waals surface area contributed by atoms with Gasteiger partial charge < -0.3 is 12.4 Å². The van der Waals surface area contributed by atoms with Crippen LogP contribution in [0.25, 0.3) is 0 Å². The largest absolute Gasteiger partial charge is 1.00 e. The second-order valence-corrected chi connectivity index (χ2v) is 12.8. The Labute approximate surface area is 190 Å². The van der Waals surface area contributed by atoms with Crippen molar-refractivity contribution in [3.63, 3.8) is 0 Å². The molecule has 0 bridgehead atoms. The predicted molar refractivity (Wildman–Crippen MR) is 122 cm³/mol. The molecule has 1 atom stereocenters. The Bertz CT molecular complexity index is 346. The van der Waals surface area contributed by atoms with Crippen molar-refractivity contribution in [2.24, 2.45) is 0 Å². The lowest BCUT2D eigenvalue weighted by molar-refractivity contribution is -1.38. The van der Waals surface area contributed by atoms with Gasteiger partial charge in [-0.3, -0.25) is 0 Å². The number of unbranched alkanes of at least 4 members (excludes halogenated alkanes) is 15. The molecule has 0 aromatic rings. The summed E-state index contributed by atoms with van der Waals surface area (Å²) >= 11 is 0. The van der Waals surface area contributed by atoms with E-state index in [-0.39, 0.29) is 17.4 Å². The summed E-state index contributed by atoms with van der Waals surface area (Å²) in [5.41, 5.74) is 0. The molecule has 3 N–H and O–H groups in total. The third-order valence-electron chi connectivity index (χ3n) is 5.73. The fraction of sp³-hybridized carbons (Fsp3) is 1.00. The van der Waals surface area contributed by atoms with Gasteiger partial charge in [-0.2, -0.15) is 0 Å². The molecule has 0 aliphatic heterocycles. The van der Waals surface area contributed by atoms with Crippen LogP contribution >= 0.6 is 0 Å². The van der Waals surface area contributed by atoms with Crippen LogP contribution in [-0.4, -0.2) is 36.9 Å². The first-order chi connectivity index (χ1) is 13.2. The molecular weight excluding hydrogens is 402 g/mol. The van der Waals surface area contributed by atoms with Crippen LogP contribution in [0.3, 0.4) is 0 Å². The molecular formula is C23H52ClNO3Si. The second kappa shape index (κ2) is 19.1. The number of hydrogen-bond donors (Lipinski definition) is 3. The molecule has 0 aromatic heterocycles. The third-order valence-corrected chi connectivity index (χ3v) is 6.14. The van der Waals surface area contributed by atoms with E-state index in [0.29, 0.717) is 12.8 Å². The van der Waals surface area contributed by atoms with Crippen LogP contribution in [0, 0.1) is 0 Å². The Kier molecular flexibility index (Phi) is 20.7. The van der Waals surface area contributed by atoms with E-state index < -0.39 is 11.0 Å². The Balaban J connectivity index is 0. The van der Waals surface area contributed by atoms with Crippen molar-refractivity contribution in [2.45, 2.75) is 147 Å². The highest BCUT2D eigenvalue weighted by atomic mass is 35.5. The number of nitrogens with zero attached hydrogens (tertiary/aromatic N) is 1. The molecule has 0 rings (SSSR count). The number of quaternary nitrogens is 1. The summed E-state index contributed by atoms with van der Waals surface area (Å²) in [7, 11) is 0.978. The average molecular weight is 454 g/mol. The lowest BCUT2D eigenvalue weighted by Gasteiger charge is -2.28. The molecule has 0 aliphatic carbocycles. The maximum atomic E-state index is 9.53. The molecule has 1 unspecified atom stereocenters. The van der Waals surface area contributed by atoms with Crippen molar-refractivity contribution in [2.75, 3.05) is 0 Å². The van der Waals surface area contributed by atoms with Crippen molar-refractivity contribution >= 4 is 10.2 Å². The van der Waals surface area contributed by atoms with Crippen LogP contribution in [0.2, 0.25) is 5.04 Å². The van der Waals surface area contributed by atoms with Crippen molar-refractivity contribution in [1.29, 1.82) is 0 Å². The molecule has 0 saturated carbocycles. The third kappa shape index (κ3) is 22.8. The summed E-state index contributed by atoms with van der Waals surface area (Å²) in [6.45, 7) is 6.52. The van der Waals surface area contributed by atoms with Gasteiger partial charge in [-0.15, -0.1) is 15.6 Å². The van der Waals surface area contributed by atoms with Crippen molar-refractivity contribution in [3.8, 4) is 0 Å². The van der Waals surface area contributed by atoms with E-state index in [0.717, 1.165) is 23.1 Å². The zero-order valence-corrected chi connectivity index (χ0v) is 22.7. The first kappa shape index (κ1) is 31.5. The molecule has 0 spiro atoms. The predicted octanol–water partition coefficient (Wildman–Crippen LogP) is 3.95. The van der Waals surface area contributed by atoms with Gasteiger partial charge in [-0.25, -0.2) is 0 Å². The summed E-state index contributed by atoms with van der Waals surface area (Å²) in [4.78, 5) is -1.86. The first-order valence-electron chi connectivity index (χ1n) is 12.2. The van der Waals surface area contributed by atoms with Crippen molar-refractivity contribution in [3.05, 3.63) is 0 Å². The molecule has 4 nitrogen and oxygen atoms in total. The van der Waals surface area contributed by atoms with Crippen LogP contribution in [-0.2, 0) is 0 Å². The van der Waals surface area contributed by atoms with E-state index in [1.54, 1.807) is 0 Å². The van der Waals surface area contributed by atoms with Gasteiger partial charge >= 0.3 is 0 Å². The highest BCUT2D eigenvalue weighted by Crippen LogP contribution is 2.31. The summed E-state index contributed by atoms with van der Waals surface area (Å²) in [5, 5.41) is 28.7. The minimum atomic E-state index is -1.86. The summed E-state index contributed by atoms with van der Waals surface area (Å²) in [5.74, 6) is 0. The highest BCUT2D eigenvalue weighted by molar-refractivity contribution is 6.14. The van der Waals surface area contributed by atoms with Crippen LogP contribution in [0.5, 0.6) is 0 Å². The normalized spacial score (nSPS) is 13.4. The van der Waals surface area contributed by atoms with E-state index in [2.05, 4.69) is 20.8 Å². The van der Waals surface area contributed by atoms with Crippen LogP contribution in [0.4, 0.5) is 0 Å².